The lowest BCUT2D eigenvalue weighted by molar-refractivity contribution is 0.187. The standard InChI is InChI=1S/C21H29FN4O2S/c1-24(2)19-8-4-17(5-9-19)21(16-23-29(3,27)28)26-14-12-25(13-15-26)20-10-6-18(22)7-11-20/h4-11,21,23H,12-16H2,1-3H3/t21-/m0/s1. The van der Waals surface area contributed by atoms with Crippen LogP contribution in [-0.4, -0.2) is 66.4 Å². The highest BCUT2D eigenvalue weighted by Gasteiger charge is 2.26. The first-order chi connectivity index (χ1) is 13.7. The zero-order valence-electron chi connectivity index (χ0n) is 17.2. The number of hydrogen-bond donors (Lipinski definition) is 1. The summed E-state index contributed by atoms with van der Waals surface area (Å²) in [4.78, 5) is 6.57. The van der Waals surface area contributed by atoms with E-state index >= 15 is 0 Å². The molecule has 8 heteroatoms. The minimum Gasteiger partial charge on any atom is -0.378 e. The summed E-state index contributed by atoms with van der Waals surface area (Å²) in [6.45, 7) is 3.52. The summed E-state index contributed by atoms with van der Waals surface area (Å²) in [6, 6.07) is 14.7. The Balaban J connectivity index is 1.73. The molecule has 0 spiro atoms. The van der Waals surface area contributed by atoms with Crippen LogP contribution in [0.15, 0.2) is 48.5 Å². The van der Waals surface area contributed by atoms with Gasteiger partial charge in [-0.25, -0.2) is 17.5 Å². The van der Waals surface area contributed by atoms with Gasteiger partial charge in [-0.1, -0.05) is 12.1 Å². The number of sulfonamides is 1. The van der Waals surface area contributed by atoms with E-state index in [2.05, 4.69) is 38.8 Å². The third-order valence-corrected chi connectivity index (χ3v) is 5.97. The number of nitrogens with zero attached hydrogens (tertiary/aromatic N) is 3. The Hall–Kier alpha value is -2.16. The van der Waals surface area contributed by atoms with Crippen LogP contribution in [0.25, 0.3) is 0 Å². The number of nitrogens with one attached hydrogen (secondary N) is 1. The Bertz CT molecular complexity index is 893. The van der Waals surface area contributed by atoms with Crippen LogP contribution in [0.3, 0.4) is 0 Å². The lowest BCUT2D eigenvalue weighted by atomic mass is 10.0. The molecule has 1 heterocycles. The van der Waals surface area contributed by atoms with Gasteiger partial charge in [0.1, 0.15) is 5.82 Å². The number of benzene rings is 2. The molecule has 3 rings (SSSR count). The summed E-state index contributed by atoms with van der Waals surface area (Å²) in [5.74, 6) is -0.236. The predicted molar refractivity (Wildman–Crippen MR) is 117 cm³/mol. The third kappa shape index (κ3) is 5.91. The van der Waals surface area contributed by atoms with Gasteiger partial charge in [-0.2, -0.15) is 0 Å². The minimum absolute atomic E-state index is 0.0451. The van der Waals surface area contributed by atoms with Crippen molar-refractivity contribution in [3.63, 3.8) is 0 Å². The van der Waals surface area contributed by atoms with E-state index < -0.39 is 10.0 Å². The van der Waals surface area contributed by atoms with E-state index in [1.54, 1.807) is 12.1 Å². The van der Waals surface area contributed by atoms with E-state index in [1.165, 1.54) is 18.4 Å². The van der Waals surface area contributed by atoms with Crippen molar-refractivity contribution < 1.29 is 12.8 Å². The van der Waals surface area contributed by atoms with E-state index in [9.17, 15) is 12.8 Å². The van der Waals surface area contributed by atoms with Gasteiger partial charge in [0.25, 0.3) is 0 Å². The summed E-state index contributed by atoms with van der Waals surface area (Å²) in [5, 5.41) is 0. The maximum Gasteiger partial charge on any atom is 0.208 e. The van der Waals surface area contributed by atoms with Crippen molar-refractivity contribution in [2.24, 2.45) is 0 Å². The molecule has 0 bridgehead atoms. The van der Waals surface area contributed by atoms with Crippen molar-refractivity contribution in [1.29, 1.82) is 0 Å². The van der Waals surface area contributed by atoms with E-state index in [0.717, 1.165) is 43.1 Å². The van der Waals surface area contributed by atoms with Gasteiger partial charge >= 0.3 is 0 Å². The van der Waals surface area contributed by atoms with Crippen LogP contribution in [0.5, 0.6) is 0 Å². The second-order valence-electron chi connectivity index (χ2n) is 7.62. The SMILES string of the molecule is CN(C)c1ccc([C@H](CNS(C)(=O)=O)N2CCN(c3ccc(F)cc3)CC2)cc1. The molecule has 1 aliphatic rings. The van der Waals surface area contributed by atoms with Crippen LogP contribution < -0.4 is 14.5 Å². The Morgan fingerprint density at radius 2 is 1.59 bits per heavy atom. The molecule has 2 aromatic rings. The molecule has 1 aliphatic heterocycles. The molecule has 1 fully saturated rings. The molecule has 158 valence electrons. The molecule has 0 amide bonds. The highest BCUT2D eigenvalue weighted by molar-refractivity contribution is 7.88. The summed E-state index contributed by atoms with van der Waals surface area (Å²) in [6.07, 6.45) is 1.19. The van der Waals surface area contributed by atoms with Crippen LogP contribution in [-0.2, 0) is 10.0 Å². The minimum atomic E-state index is -3.28. The molecule has 2 aromatic carbocycles. The Morgan fingerprint density at radius 1 is 1.00 bits per heavy atom. The normalized spacial score (nSPS) is 16.6. The van der Waals surface area contributed by atoms with E-state index in [1.807, 2.05) is 19.0 Å². The Kier molecular flexibility index (Phi) is 6.77. The van der Waals surface area contributed by atoms with Gasteiger partial charge in [0.15, 0.2) is 0 Å². The van der Waals surface area contributed by atoms with Gasteiger partial charge in [-0.05, 0) is 42.0 Å². The molecular formula is C21H29FN4O2S. The topological polar surface area (TPSA) is 55.9 Å². The third-order valence-electron chi connectivity index (χ3n) is 5.28. The Morgan fingerprint density at radius 3 is 2.10 bits per heavy atom. The van der Waals surface area contributed by atoms with E-state index in [0.29, 0.717) is 6.54 Å². The number of anilines is 2. The van der Waals surface area contributed by atoms with Gasteiger partial charge in [0.05, 0.1) is 6.26 Å². The fourth-order valence-electron chi connectivity index (χ4n) is 3.63. The quantitative estimate of drug-likeness (QED) is 0.745. The number of rotatable bonds is 7. The smallest absolute Gasteiger partial charge is 0.208 e. The summed E-state index contributed by atoms with van der Waals surface area (Å²) in [7, 11) is 0.709. The fourth-order valence-corrected chi connectivity index (χ4v) is 4.09. The highest BCUT2D eigenvalue weighted by atomic mass is 32.2. The van der Waals surface area contributed by atoms with Crippen molar-refractivity contribution >= 4 is 21.4 Å². The average Bonchev–Trinajstić information content (AvgIpc) is 2.69. The van der Waals surface area contributed by atoms with Crippen LogP contribution >= 0.6 is 0 Å². The molecule has 0 saturated carbocycles. The molecule has 0 aliphatic carbocycles. The molecule has 1 saturated heterocycles. The zero-order valence-corrected chi connectivity index (χ0v) is 18.0. The van der Waals surface area contributed by atoms with Crippen molar-refractivity contribution in [3.05, 3.63) is 59.9 Å². The molecular weight excluding hydrogens is 391 g/mol. The van der Waals surface area contributed by atoms with Crippen molar-refractivity contribution in [2.75, 3.05) is 62.9 Å². The molecule has 6 nitrogen and oxygen atoms in total. The molecule has 0 unspecified atom stereocenters. The van der Waals surface area contributed by atoms with Crippen molar-refractivity contribution in [1.82, 2.24) is 9.62 Å². The monoisotopic (exact) mass is 420 g/mol. The van der Waals surface area contributed by atoms with E-state index in [-0.39, 0.29) is 11.9 Å². The Labute approximate surface area is 173 Å². The first-order valence-electron chi connectivity index (χ1n) is 9.69. The maximum absolute atomic E-state index is 13.2. The predicted octanol–water partition coefficient (Wildman–Crippen LogP) is 2.30. The van der Waals surface area contributed by atoms with Gasteiger partial charge in [-0.15, -0.1) is 0 Å². The average molecular weight is 421 g/mol. The number of halogens is 1. The first kappa shape index (κ1) is 21.5. The first-order valence-corrected chi connectivity index (χ1v) is 11.6. The van der Waals surface area contributed by atoms with Gasteiger partial charge in [-0.3, -0.25) is 4.90 Å². The lowest BCUT2D eigenvalue weighted by Crippen LogP contribution is -2.49. The summed E-state index contributed by atoms with van der Waals surface area (Å²) >= 11 is 0. The number of hydrogen-bond acceptors (Lipinski definition) is 5. The van der Waals surface area contributed by atoms with Gasteiger partial charge in [0, 0.05) is 64.2 Å². The maximum atomic E-state index is 13.2. The van der Waals surface area contributed by atoms with Crippen LogP contribution in [0.4, 0.5) is 15.8 Å². The molecule has 0 aromatic heterocycles. The zero-order chi connectivity index (χ0) is 21.0. The largest absolute Gasteiger partial charge is 0.378 e. The lowest BCUT2D eigenvalue weighted by Gasteiger charge is -2.40. The molecule has 1 atom stereocenters. The number of piperazine rings is 1. The van der Waals surface area contributed by atoms with Crippen LogP contribution in [0.1, 0.15) is 11.6 Å². The van der Waals surface area contributed by atoms with Crippen LogP contribution in [0, 0.1) is 5.82 Å². The summed E-state index contributed by atoms with van der Waals surface area (Å²) in [5.41, 5.74) is 3.19. The van der Waals surface area contributed by atoms with Crippen molar-refractivity contribution in [2.45, 2.75) is 6.04 Å². The molecule has 1 N–H and O–H groups in total. The second-order valence-corrected chi connectivity index (χ2v) is 9.45. The summed E-state index contributed by atoms with van der Waals surface area (Å²) < 4.78 is 39.2. The fraction of sp³-hybridized carbons (Fsp3) is 0.429. The molecule has 29 heavy (non-hydrogen) atoms. The van der Waals surface area contributed by atoms with Crippen LogP contribution in [0.2, 0.25) is 0 Å². The second kappa shape index (κ2) is 9.11. The molecule has 0 radical (unpaired) electrons. The van der Waals surface area contributed by atoms with Crippen molar-refractivity contribution in [3.8, 4) is 0 Å². The van der Waals surface area contributed by atoms with Gasteiger partial charge < -0.3 is 9.80 Å². The van der Waals surface area contributed by atoms with E-state index in [4.69, 9.17) is 0 Å². The highest BCUT2D eigenvalue weighted by Crippen LogP contribution is 2.26. The van der Waals surface area contributed by atoms with Gasteiger partial charge in [0.2, 0.25) is 10.0 Å².